The molecule has 0 nitrogen and oxygen atoms in total. The molecule has 45 heavy (non-hydrogen) atoms. The van der Waals surface area contributed by atoms with E-state index < -0.39 is 0 Å². The van der Waals surface area contributed by atoms with E-state index in [0.717, 1.165) is 8.95 Å². The summed E-state index contributed by atoms with van der Waals surface area (Å²) in [7, 11) is 0. The van der Waals surface area contributed by atoms with Gasteiger partial charge in [-0.2, -0.15) is 0 Å². The van der Waals surface area contributed by atoms with E-state index in [1.807, 2.05) is 0 Å². The van der Waals surface area contributed by atoms with E-state index in [1.54, 1.807) is 0 Å². The van der Waals surface area contributed by atoms with Crippen LogP contribution in [0.2, 0.25) is 0 Å². The Morgan fingerprint density at radius 1 is 0.511 bits per heavy atom. The smallest absolute Gasteiger partial charge is 0.0250 e. The molecule has 0 N–H and O–H groups in total. The highest BCUT2D eigenvalue weighted by Gasteiger charge is 2.48. The van der Waals surface area contributed by atoms with Crippen molar-refractivity contribution in [3.8, 4) is 0 Å². The maximum Gasteiger partial charge on any atom is 0.0250 e. The van der Waals surface area contributed by atoms with Crippen molar-refractivity contribution in [3.63, 3.8) is 0 Å². The summed E-state index contributed by atoms with van der Waals surface area (Å²) in [5, 5.41) is 5.23. The maximum atomic E-state index is 3.92. The SMILES string of the molecule is Cc1cccc2cc(C3=Cc4c(Br)cccc4C3C(C)(C)C3C(c4ccc5c(C)cccc5c4)=Cc4c(Br)cccc43)ccc12. The van der Waals surface area contributed by atoms with Crippen LogP contribution in [0.4, 0.5) is 0 Å². The second-order valence-corrected chi connectivity index (χ2v) is 15.1. The molecule has 0 aliphatic heterocycles. The van der Waals surface area contributed by atoms with Crippen molar-refractivity contribution in [2.75, 3.05) is 0 Å². The molecule has 0 spiro atoms. The van der Waals surface area contributed by atoms with E-state index in [-0.39, 0.29) is 17.3 Å². The lowest BCUT2D eigenvalue weighted by Gasteiger charge is -2.42. The Kier molecular flexibility index (Phi) is 6.82. The van der Waals surface area contributed by atoms with Gasteiger partial charge in [-0.1, -0.05) is 131 Å². The minimum Gasteiger partial charge on any atom is -0.0614 e. The summed E-state index contributed by atoms with van der Waals surface area (Å²) >= 11 is 7.85. The van der Waals surface area contributed by atoms with Gasteiger partial charge in [-0.15, -0.1) is 0 Å². The molecule has 220 valence electrons. The van der Waals surface area contributed by atoms with Crippen LogP contribution in [0.3, 0.4) is 0 Å². The van der Waals surface area contributed by atoms with E-state index >= 15 is 0 Å². The summed E-state index contributed by atoms with van der Waals surface area (Å²) in [5.74, 6) is 0.376. The van der Waals surface area contributed by atoms with Crippen LogP contribution in [0, 0.1) is 19.3 Å². The van der Waals surface area contributed by atoms with Gasteiger partial charge < -0.3 is 0 Å². The molecular weight excluding hydrogens is 676 g/mol. The van der Waals surface area contributed by atoms with Gasteiger partial charge in [0.2, 0.25) is 0 Å². The number of benzene rings is 6. The molecule has 0 fully saturated rings. The molecule has 0 saturated carbocycles. The quantitative estimate of drug-likeness (QED) is 0.171. The average molecular weight is 711 g/mol. The predicted octanol–water partition coefficient (Wildman–Crippen LogP) is 13.1. The largest absolute Gasteiger partial charge is 0.0614 e. The van der Waals surface area contributed by atoms with Crippen molar-refractivity contribution in [1.29, 1.82) is 0 Å². The Labute approximate surface area is 282 Å². The van der Waals surface area contributed by atoms with Gasteiger partial charge in [0.1, 0.15) is 0 Å². The van der Waals surface area contributed by atoms with Gasteiger partial charge in [-0.05, 0) is 133 Å². The molecule has 0 aromatic heterocycles. The molecule has 2 aliphatic rings. The van der Waals surface area contributed by atoms with E-state index in [1.165, 1.54) is 77.2 Å². The zero-order valence-electron chi connectivity index (χ0n) is 26.0. The minimum atomic E-state index is -0.168. The van der Waals surface area contributed by atoms with Gasteiger partial charge in [0.25, 0.3) is 0 Å². The zero-order valence-corrected chi connectivity index (χ0v) is 29.1. The van der Waals surface area contributed by atoms with Crippen molar-refractivity contribution in [2.45, 2.75) is 39.5 Å². The number of fused-ring (bicyclic) bond motifs is 4. The molecule has 0 saturated heterocycles. The zero-order chi connectivity index (χ0) is 31.0. The fourth-order valence-electron chi connectivity index (χ4n) is 8.25. The molecule has 0 amide bonds. The van der Waals surface area contributed by atoms with Crippen molar-refractivity contribution in [3.05, 3.63) is 163 Å². The fraction of sp³-hybridized carbons (Fsp3) is 0.163. The molecular formula is C43H34Br2. The Hall–Kier alpha value is -3.72. The highest BCUT2D eigenvalue weighted by atomic mass is 79.9. The monoisotopic (exact) mass is 708 g/mol. The van der Waals surface area contributed by atoms with Crippen LogP contribution < -0.4 is 0 Å². The van der Waals surface area contributed by atoms with Gasteiger partial charge in [0.05, 0.1) is 0 Å². The Morgan fingerprint density at radius 3 is 1.38 bits per heavy atom. The predicted molar refractivity (Wildman–Crippen MR) is 201 cm³/mol. The van der Waals surface area contributed by atoms with Crippen molar-refractivity contribution < 1.29 is 0 Å². The summed E-state index contributed by atoms with van der Waals surface area (Å²) in [6.45, 7) is 9.39. The van der Waals surface area contributed by atoms with Crippen LogP contribution in [0.25, 0.3) is 44.8 Å². The van der Waals surface area contributed by atoms with E-state index in [2.05, 4.69) is 181 Å². The van der Waals surface area contributed by atoms with Gasteiger partial charge in [-0.3, -0.25) is 0 Å². The molecule has 0 radical (unpaired) electrons. The number of allylic oxidation sites excluding steroid dienone is 2. The van der Waals surface area contributed by atoms with Crippen LogP contribution in [0.1, 0.15) is 70.2 Å². The third-order valence-corrected chi connectivity index (χ3v) is 11.8. The van der Waals surface area contributed by atoms with E-state index in [4.69, 9.17) is 0 Å². The first-order valence-electron chi connectivity index (χ1n) is 15.7. The summed E-state index contributed by atoms with van der Waals surface area (Å²) < 4.78 is 2.31. The molecule has 2 aliphatic carbocycles. The van der Waals surface area contributed by atoms with Crippen LogP contribution in [0.5, 0.6) is 0 Å². The number of hydrogen-bond donors (Lipinski definition) is 0. The normalized spacial score (nSPS) is 17.4. The van der Waals surface area contributed by atoms with Crippen LogP contribution in [-0.2, 0) is 0 Å². The second kappa shape index (κ2) is 10.7. The first-order valence-corrected chi connectivity index (χ1v) is 17.3. The Bertz CT molecular complexity index is 2090. The van der Waals surface area contributed by atoms with E-state index in [9.17, 15) is 0 Å². The van der Waals surface area contributed by atoms with Gasteiger partial charge in [0, 0.05) is 20.8 Å². The third-order valence-electron chi connectivity index (χ3n) is 10.4. The molecule has 0 heterocycles. The summed E-state index contributed by atoms with van der Waals surface area (Å²) in [6.07, 6.45) is 4.89. The van der Waals surface area contributed by atoms with Gasteiger partial charge in [-0.25, -0.2) is 0 Å². The lowest BCUT2D eigenvalue weighted by atomic mass is 9.61. The summed E-state index contributed by atoms with van der Waals surface area (Å²) in [4.78, 5) is 0. The summed E-state index contributed by atoms with van der Waals surface area (Å²) in [5.41, 5.74) is 13.2. The second-order valence-electron chi connectivity index (χ2n) is 13.4. The minimum absolute atomic E-state index is 0.168. The topological polar surface area (TPSA) is 0 Å². The first kappa shape index (κ1) is 28.7. The summed E-state index contributed by atoms with van der Waals surface area (Å²) in [6, 6.07) is 40.8. The highest BCUT2D eigenvalue weighted by molar-refractivity contribution is 9.10. The number of halogens is 2. The molecule has 8 rings (SSSR count). The lowest BCUT2D eigenvalue weighted by Crippen LogP contribution is -2.30. The molecule has 6 aromatic carbocycles. The van der Waals surface area contributed by atoms with Gasteiger partial charge in [0.15, 0.2) is 0 Å². The van der Waals surface area contributed by atoms with E-state index in [0.29, 0.717) is 0 Å². The fourth-order valence-corrected chi connectivity index (χ4v) is 9.24. The van der Waals surface area contributed by atoms with Crippen LogP contribution in [0.15, 0.2) is 118 Å². The number of rotatable bonds is 4. The molecule has 2 heteroatoms. The molecule has 2 unspecified atom stereocenters. The standard InChI is InChI=1S/C43H34Br2/c1-25-9-5-11-27-21-29(17-19-31(25)27)35-23-37-33(13-7-15-39(37)44)41(35)43(3,4)42-34-14-8-16-40(45)38(34)24-36(42)30-18-20-32-26(2)10-6-12-28(32)22-30/h5-24,41-42H,1-4H3. The third kappa shape index (κ3) is 4.52. The van der Waals surface area contributed by atoms with Crippen molar-refractivity contribution >= 4 is 76.7 Å². The van der Waals surface area contributed by atoms with Crippen LogP contribution >= 0.6 is 31.9 Å². The van der Waals surface area contributed by atoms with Crippen molar-refractivity contribution in [1.82, 2.24) is 0 Å². The average Bonchev–Trinajstić information content (AvgIpc) is 3.63. The number of hydrogen-bond acceptors (Lipinski definition) is 0. The molecule has 0 bridgehead atoms. The molecule has 6 aromatic rings. The van der Waals surface area contributed by atoms with Crippen molar-refractivity contribution in [2.24, 2.45) is 5.41 Å². The number of aryl methyl sites for hydroxylation is 2. The Morgan fingerprint density at radius 2 is 0.933 bits per heavy atom. The molecule has 2 atom stereocenters. The lowest BCUT2D eigenvalue weighted by molar-refractivity contribution is 0.304. The maximum absolute atomic E-state index is 3.92. The van der Waals surface area contributed by atoms with Crippen LogP contribution in [-0.4, -0.2) is 0 Å². The van der Waals surface area contributed by atoms with Gasteiger partial charge >= 0.3 is 0 Å². The first-order chi connectivity index (χ1) is 21.7. The highest BCUT2D eigenvalue weighted by Crippen LogP contribution is 2.63. The Balaban J connectivity index is 1.33.